The average Bonchev–Trinajstić information content (AvgIpc) is 2.81. The van der Waals surface area contributed by atoms with Crippen molar-refractivity contribution in [3.63, 3.8) is 0 Å². The third-order valence-corrected chi connectivity index (χ3v) is 4.26. The Morgan fingerprint density at radius 2 is 1.72 bits per heavy atom. The molecule has 0 amide bonds. The van der Waals surface area contributed by atoms with E-state index in [2.05, 4.69) is 11.8 Å². The highest BCUT2D eigenvalue weighted by atomic mass is 32.1. The van der Waals surface area contributed by atoms with Gasteiger partial charge in [0.05, 0.1) is 11.0 Å². The molecule has 1 aliphatic rings. The van der Waals surface area contributed by atoms with Crippen LogP contribution < -0.4 is 5.73 Å². The van der Waals surface area contributed by atoms with E-state index in [0.717, 1.165) is 0 Å². The Labute approximate surface area is 118 Å². The van der Waals surface area contributed by atoms with Gasteiger partial charge in [0.2, 0.25) is 0 Å². The average molecular weight is 270 g/mol. The fourth-order valence-corrected chi connectivity index (χ4v) is 3.13. The molecule has 0 spiro atoms. The Morgan fingerprint density at radius 1 is 1.11 bits per heavy atom. The first-order valence-corrected chi connectivity index (χ1v) is 8.20. The number of unbranched alkanes of at least 4 members (excludes halogenated alkanes) is 7. The van der Waals surface area contributed by atoms with Gasteiger partial charge in [0.15, 0.2) is 0 Å². The van der Waals surface area contributed by atoms with Crippen molar-refractivity contribution < 1.29 is 0 Å². The lowest BCUT2D eigenvalue weighted by Gasteiger charge is -2.23. The molecule has 1 fully saturated rings. The Hall–Kier alpha value is -0.150. The summed E-state index contributed by atoms with van der Waals surface area (Å²) < 4.78 is 0. The van der Waals surface area contributed by atoms with E-state index in [1.54, 1.807) is 0 Å². The minimum absolute atomic E-state index is 0.393. The normalized spacial score (nSPS) is 20.4. The fraction of sp³-hybridized carbons (Fsp3) is 0.933. The van der Waals surface area contributed by atoms with Gasteiger partial charge < -0.3 is 5.73 Å². The molecule has 0 bridgehead atoms. The summed E-state index contributed by atoms with van der Waals surface area (Å²) in [7, 11) is 0. The molecule has 0 aromatic heterocycles. The summed E-state index contributed by atoms with van der Waals surface area (Å²) in [5.41, 5.74) is 5.78. The third kappa shape index (κ3) is 6.14. The smallest absolute Gasteiger partial charge is 0.0902 e. The van der Waals surface area contributed by atoms with E-state index in [-0.39, 0.29) is 0 Å². The summed E-state index contributed by atoms with van der Waals surface area (Å²) in [5.74, 6) is 0. The summed E-state index contributed by atoms with van der Waals surface area (Å²) in [6.45, 7) is 4.66. The molecule has 106 valence electrons. The molecule has 0 aliphatic carbocycles. The first-order valence-electron chi connectivity index (χ1n) is 7.79. The summed E-state index contributed by atoms with van der Waals surface area (Å²) >= 11 is 5.13. The molecule has 3 heteroatoms. The van der Waals surface area contributed by atoms with Gasteiger partial charge in [-0.3, -0.25) is 4.90 Å². The molecular formula is C15H30N2S. The molecule has 18 heavy (non-hydrogen) atoms. The Morgan fingerprint density at radius 3 is 2.33 bits per heavy atom. The van der Waals surface area contributed by atoms with Gasteiger partial charge in [-0.25, -0.2) is 0 Å². The van der Waals surface area contributed by atoms with Crippen LogP contribution in [0.2, 0.25) is 0 Å². The van der Waals surface area contributed by atoms with Crippen molar-refractivity contribution in [3.8, 4) is 0 Å². The van der Waals surface area contributed by atoms with Crippen LogP contribution >= 0.6 is 12.2 Å². The van der Waals surface area contributed by atoms with Gasteiger partial charge in [-0.15, -0.1) is 0 Å². The summed E-state index contributed by atoms with van der Waals surface area (Å²) in [5, 5.41) is 0. The van der Waals surface area contributed by atoms with Crippen molar-refractivity contribution in [3.05, 3.63) is 0 Å². The molecule has 2 N–H and O–H groups in total. The lowest BCUT2D eigenvalue weighted by molar-refractivity contribution is 0.294. The monoisotopic (exact) mass is 270 g/mol. The lowest BCUT2D eigenvalue weighted by atomic mass is 10.1. The van der Waals surface area contributed by atoms with Crippen molar-refractivity contribution in [2.45, 2.75) is 77.2 Å². The second kappa shape index (κ2) is 9.74. The van der Waals surface area contributed by atoms with Gasteiger partial charge in [-0.2, -0.15) is 0 Å². The maximum absolute atomic E-state index is 5.78. The van der Waals surface area contributed by atoms with Crippen LogP contribution in [0.25, 0.3) is 0 Å². The van der Waals surface area contributed by atoms with Gasteiger partial charge in [0, 0.05) is 0 Å². The molecule has 1 heterocycles. The SMILES string of the molecule is CCCCCCCCCCN1CCCC1C(N)=S. The van der Waals surface area contributed by atoms with E-state index >= 15 is 0 Å². The van der Waals surface area contributed by atoms with Gasteiger partial charge in [0.1, 0.15) is 0 Å². The van der Waals surface area contributed by atoms with Crippen LogP contribution in [-0.2, 0) is 0 Å². The van der Waals surface area contributed by atoms with Crippen LogP contribution in [0.4, 0.5) is 0 Å². The molecule has 1 aliphatic heterocycles. The maximum atomic E-state index is 5.78. The van der Waals surface area contributed by atoms with Gasteiger partial charge in [-0.05, 0) is 32.4 Å². The topological polar surface area (TPSA) is 29.3 Å². The number of nitrogens with zero attached hydrogens (tertiary/aromatic N) is 1. The van der Waals surface area contributed by atoms with Gasteiger partial charge >= 0.3 is 0 Å². The second-order valence-electron chi connectivity index (χ2n) is 5.57. The Balaban J connectivity index is 1.96. The Bertz CT molecular complexity index is 231. The standard InChI is InChI=1S/C15H30N2S/c1-2-3-4-5-6-7-8-9-12-17-13-10-11-14(17)15(16)18/h14H,2-13H2,1H3,(H2,16,18). The second-order valence-corrected chi connectivity index (χ2v) is 6.04. The Kier molecular flexibility index (Phi) is 8.60. The van der Waals surface area contributed by atoms with Crippen molar-refractivity contribution >= 4 is 17.2 Å². The molecule has 1 rings (SSSR count). The quantitative estimate of drug-likeness (QED) is 0.482. The molecule has 1 atom stereocenters. The summed E-state index contributed by atoms with van der Waals surface area (Å²) in [4.78, 5) is 3.19. The summed E-state index contributed by atoms with van der Waals surface area (Å²) in [6.07, 6.45) is 13.5. The first-order chi connectivity index (χ1) is 8.75. The van der Waals surface area contributed by atoms with Gasteiger partial charge in [-0.1, -0.05) is 64.1 Å². The number of rotatable bonds is 10. The van der Waals surface area contributed by atoms with E-state index < -0.39 is 0 Å². The summed E-state index contributed by atoms with van der Waals surface area (Å²) in [6, 6.07) is 0.393. The zero-order chi connectivity index (χ0) is 13.2. The first kappa shape index (κ1) is 15.9. The molecular weight excluding hydrogens is 240 g/mol. The third-order valence-electron chi connectivity index (χ3n) is 3.99. The fourth-order valence-electron chi connectivity index (χ4n) is 2.86. The predicted octanol–water partition coefficient (Wildman–Crippen LogP) is 3.88. The van der Waals surface area contributed by atoms with Crippen molar-refractivity contribution in [1.29, 1.82) is 0 Å². The zero-order valence-electron chi connectivity index (χ0n) is 12.0. The minimum atomic E-state index is 0.393. The maximum Gasteiger partial charge on any atom is 0.0902 e. The van der Waals surface area contributed by atoms with Gasteiger partial charge in [0.25, 0.3) is 0 Å². The van der Waals surface area contributed by atoms with E-state index in [4.69, 9.17) is 18.0 Å². The van der Waals surface area contributed by atoms with E-state index in [0.29, 0.717) is 11.0 Å². The number of thiocarbonyl (C=S) groups is 1. The molecule has 1 saturated heterocycles. The lowest BCUT2D eigenvalue weighted by Crippen LogP contribution is -2.39. The molecule has 0 aromatic rings. The van der Waals surface area contributed by atoms with Crippen LogP contribution in [0.15, 0.2) is 0 Å². The highest BCUT2D eigenvalue weighted by Crippen LogP contribution is 2.18. The van der Waals surface area contributed by atoms with E-state index in [1.165, 1.54) is 77.3 Å². The molecule has 0 aromatic carbocycles. The highest BCUT2D eigenvalue weighted by Gasteiger charge is 2.25. The minimum Gasteiger partial charge on any atom is -0.392 e. The van der Waals surface area contributed by atoms with Crippen LogP contribution in [0.5, 0.6) is 0 Å². The van der Waals surface area contributed by atoms with Crippen molar-refractivity contribution in [2.75, 3.05) is 13.1 Å². The molecule has 1 unspecified atom stereocenters. The van der Waals surface area contributed by atoms with Crippen LogP contribution in [0.1, 0.15) is 71.1 Å². The molecule has 2 nitrogen and oxygen atoms in total. The van der Waals surface area contributed by atoms with E-state index in [1.807, 2.05) is 0 Å². The van der Waals surface area contributed by atoms with Crippen LogP contribution in [-0.4, -0.2) is 29.0 Å². The number of hydrogen-bond donors (Lipinski definition) is 1. The molecule has 0 radical (unpaired) electrons. The number of nitrogens with two attached hydrogens (primary N) is 1. The van der Waals surface area contributed by atoms with Crippen LogP contribution in [0, 0.1) is 0 Å². The zero-order valence-corrected chi connectivity index (χ0v) is 12.8. The predicted molar refractivity (Wildman–Crippen MR) is 84.0 cm³/mol. The highest BCUT2D eigenvalue weighted by molar-refractivity contribution is 7.80. The number of hydrogen-bond acceptors (Lipinski definition) is 2. The molecule has 0 saturated carbocycles. The van der Waals surface area contributed by atoms with Crippen molar-refractivity contribution in [2.24, 2.45) is 5.73 Å². The van der Waals surface area contributed by atoms with E-state index in [9.17, 15) is 0 Å². The van der Waals surface area contributed by atoms with Crippen LogP contribution in [0.3, 0.4) is 0 Å². The largest absolute Gasteiger partial charge is 0.392 e. The number of likely N-dealkylation sites (tertiary alicyclic amines) is 1. The van der Waals surface area contributed by atoms with Crippen molar-refractivity contribution in [1.82, 2.24) is 4.90 Å².